The number of amides is 1. The molecule has 1 rings (SSSR count). The average molecular weight is 255 g/mol. The third kappa shape index (κ3) is 3.72. The van der Waals surface area contributed by atoms with Crippen molar-refractivity contribution < 1.29 is 14.3 Å². The van der Waals surface area contributed by atoms with E-state index in [1.807, 2.05) is 6.92 Å². The highest BCUT2D eigenvalue weighted by atomic mass is 16.5. The molecule has 1 heterocycles. The molecule has 1 amide bonds. The zero-order valence-corrected chi connectivity index (χ0v) is 11.9. The number of carbonyl (C=O) groups is 2. The van der Waals surface area contributed by atoms with Crippen LogP contribution in [0.4, 0.5) is 0 Å². The van der Waals surface area contributed by atoms with Crippen molar-refractivity contribution in [3.8, 4) is 0 Å². The zero-order valence-electron chi connectivity index (χ0n) is 11.9. The summed E-state index contributed by atoms with van der Waals surface area (Å²) in [5.74, 6) is 0.488. The highest BCUT2D eigenvalue weighted by Gasteiger charge is 2.39. The van der Waals surface area contributed by atoms with Gasteiger partial charge in [0.25, 0.3) is 0 Å². The maximum Gasteiger partial charge on any atom is 0.328 e. The van der Waals surface area contributed by atoms with Crippen molar-refractivity contribution in [1.82, 2.24) is 4.90 Å². The van der Waals surface area contributed by atoms with Crippen molar-refractivity contribution in [2.24, 2.45) is 5.92 Å². The Kier molecular flexibility index (Phi) is 5.63. The minimum atomic E-state index is -0.364. The van der Waals surface area contributed by atoms with Gasteiger partial charge in [-0.25, -0.2) is 4.79 Å². The van der Waals surface area contributed by atoms with Crippen LogP contribution in [0.1, 0.15) is 52.9 Å². The lowest BCUT2D eigenvalue weighted by atomic mass is 10.0. The fraction of sp³-hybridized carbons (Fsp3) is 0.857. The predicted molar refractivity (Wildman–Crippen MR) is 70.0 cm³/mol. The lowest BCUT2D eigenvalue weighted by Crippen LogP contribution is -2.44. The predicted octanol–water partition coefficient (Wildman–Crippen LogP) is 2.37. The molecular weight excluding hydrogens is 230 g/mol. The first-order valence-electron chi connectivity index (χ1n) is 6.86. The summed E-state index contributed by atoms with van der Waals surface area (Å²) in [6.45, 7) is 6.42. The van der Waals surface area contributed by atoms with Crippen molar-refractivity contribution in [1.29, 1.82) is 0 Å². The molecule has 2 unspecified atom stereocenters. The summed E-state index contributed by atoms with van der Waals surface area (Å²) >= 11 is 0. The zero-order chi connectivity index (χ0) is 13.7. The van der Waals surface area contributed by atoms with Crippen LogP contribution < -0.4 is 0 Å². The van der Waals surface area contributed by atoms with Crippen LogP contribution in [0.3, 0.4) is 0 Å². The number of nitrogens with zero attached hydrogens (tertiary/aromatic N) is 1. The molecule has 4 heteroatoms. The molecule has 4 nitrogen and oxygen atoms in total. The number of hydrogen-bond donors (Lipinski definition) is 0. The van der Waals surface area contributed by atoms with E-state index in [0.717, 1.165) is 19.3 Å². The first-order chi connectivity index (χ1) is 8.47. The van der Waals surface area contributed by atoms with Crippen LogP contribution >= 0.6 is 0 Å². The Hall–Kier alpha value is -1.06. The summed E-state index contributed by atoms with van der Waals surface area (Å²) in [6, 6.07) is -0.237. The fourth-order valence-electron chi connectivity index (χ4n) is 2.58. The van der Waals surface area contributed by atoms with Crippen LogP contribution in [0.5, 0.6) is 0 Å². The quantitative estimate of drug-likeness (QED) is 0.684. The van der Waals surface area contributed by atoms with E-state index in [9.17, 15) is 9.59 Å². The number of hydrogen-bond acceptors (Lipinski definition) is 3. The maximum absolute atomic E-state index is 11.9. The second-order valence-electron chi connectivity index (χ2n) is 5.55. The van der Waals surface area contributed by atoms with Gasteiger partial charge in [0.15, 0.2) is 0 Å². The molecule has 0 radical (unpaired) electrons. The first kappa shape index (κ1) is 15.0. The number of methoxy groups -OCH3 is 1. The van der Waals surface area contributed by atoms with Gasteiger partial charge in [0, 0.05) is 12.5 Å². The van der Waals surface area contributed by atoms with Gasteiger partial charge in [0.2, 0.25) is 5.91 Å². The van der Waals surface area contributed by atoms with Gasteiger partial charge >= 0.3 is 5.97 Å². The van der Waals surface area contributed by atoms with Crippen molar-refractivity contribution in [3.05, 3.63) is 0 Å². The van der Waals surface area contributed by atoms with Gasteiger partial charge in [-0.3, -0.25) is 4.79 Å². The summed E-state index contributed by atoms with van der Waals surface area (Å²) in [5.41, 5.74) is 0. The van der Waals surface area contributed by atoms with Gasteiger partial charge in [-0.15, -0.1) is 0 Å². The number of rotatable bonds is 6. The van der Waals surface area contributed by atoms with Crippen LogP contribution in [-0.2, 0) is 14.3 Å². The van der Waals surface area contributed by atoms with Gasteiger partial charge in [-0.2, -0.15) is 0 Å². The Balaban J connectivity index is 2.54. The molecule has 18 heavy (non-hydrogen) atoms. The van der Waals surface area contributed by atoms with E-state index in [2.05, 4.69) is 13.8 Å². The van der Waals surface area contributed by atoms with Gasteiger partial charge in [0.1, 0.15) is 6.04 Å². The maximum atomic E-state index is 11.9. The monoisotopic (exact) mass is 255 g/mol. The second kappa shape index (κ2) is 6.76. The van der Waals surface area contributed by atoms with Crippen LogP contribution in [-0.4, -0.2) is 36.0 Å². The number of ether oxygens (including phenoxy) is 1. The highest BCUT2D eigenvalue weighted by Crippen LogP contribution is 2.25. The number of esters is 1. The van der Waals surface area contributed by atoms with Gasteiger partial charge < -0.3 is 9.64 Å². The summed E-state index contributed by atoms with van der Waals surface area (Å²) in [5, 5.41) is 0. The van der Waals surface area contributed by atoms with Crippen molar-refractivity contribution in [2.75, 3.05) is 7.11 Å². The van der Waals surface area contributed by atoms with E-state index in [-0.39, 0.29) is 24.0 Å². The van der Waals surface area contributed by atoms with Crippen molar-refractivity contribution >= 4 is 11.9 Å². The molecule has 0 aliphatic carbocycles. The topological polar surface area (TPSA) is 46.6 Å². The smallest absolute Gasteiger partial charge is 0.328 e. The van der Waals surface area contributed by atoms with Crippen LogP contribution in [0, 0.1) is 5.92 Å². The Bertz CT molecular complexity index is 301. The summed E-state index contributed by atoms with van der Waals surface area (Å²) < 4.78 is 4.77. The van der Waals surface area contributed by atoms with E-state index < -0.39 is 0 Å². The van der Waals surface area contributed by atoms with E-state index in [1.54, 1.807) is 4.90 Å². The van der Waals surface area contributed by atoms with Crippen LogP contribution in [0.2, 0.25) is 0 Å². The summed E-state index contributed by atoms with van der Waals surface area (Å²) in [7, 11) is 1.38. The third-order valence-corrected chi connectivity index (χ3v) is 3.61. The molecule has 0 aromatic rings. The molecule has 0 N–H and O–H groups in total. The highest BCUT2D eigenvalue weighted by molar-refractivity contribution is 5.88. The molecule has 104 valence electrons. The van der Waals surface area contributed by atoms with Gasteiger partial charge in [-0.1, -0.05) is 26.7 Å². The average Bonchev–Trinajstić information content (AvgIpc) is 2.69. The fourth-order valence-corrected chi connectivity index (χ4v) is 2.58. The van der Waals surface area contributed by atoms with Crippen LogP contribution in [0.25, 0.3) is 0 Å². The molecule has 0 saturated carbocycles. The molecule has 2 atom stereocenters. The molecule has 0 aromatic heterocycles. The number of likely N-dealkylation sites (tertiary alicyclic amines) is 1. The molecule has 1 aliphatic heterocycles. The van der Waals surface area contributed by atoms with Gasteiger partial charge in [0.05, 0.1) is 7.11 Å². The van der Waals surface area contributed by atoms with E-state index in [4.69, 9.17) is 4.74 Å². The lowest BCUT2D eigenvalue weighted by molar-refractivity contribution is -0.150. The van der Waals surface area contributed by atoms with E-state index in [0.29, 0.717) is 18.8 Å². The lowest BCUT2D eigenvalue weighted by Gasteiger charge is -2.29. The molecule has 1 aliphatic rings. The summed E-state index contributed by atoms with van der Waals surface area (Å²) in [4.78, 5) is 25.2. The Morgan fingerprint density at radius 1 is 1.39 bits per heavy atom. The molecular formula is C14H25NO3. The van der Waals surface area contributed by atoms with Crippen LogP contribution in [0.15, 0.2) is 0 Å². The van der Waals surface area contributed by atoms with E-state index >= 15 is 0 Å². The van der Waals surface area contributed by atoms with E-state index in [1.165, 1.54) is 7.11 Å². The minimum Gasteiger partial charge on any atom is -0.467 e. The van der Waals surface area contributed by atoms with Crippen molar-refractivity contribution in [3.63, 3.8) is 0 Å². The Morgan fingerprint density at radius 3 is 2.61 bits per heavy atom. The number of carbonyl (C=O) groups excluding carboxylic acids is 2. The molecule has 0 spiro atoms. The first-order valence-corrected chi connectivity index (χ1v) is 6.86. The standard InChI is InChI=1S/C14H25NO3/c1-10(2)6-5-7-11(3)15-12(14(17)18-4)8-9-13(15)16/h10-12H,5-9H2,1-4H3. The Morgan fingerprint density at radius 2 is 2.06 bits per heavy atom. The largest absolute Gasteiger partial charge is 0.467 e. The molecule has 0 bridgehead atoms. The van der Waals surface area contributed by atoms with Gasteiger partial charge in [-0.05, 0) is 25.7 Å². The SMILES string of the molecule is COC(=O)C1CCC(=O)N1C(C)CCCC(C)C. The summed E-state index contributed by atoms with van der Waals surface area (Å²) in [6.07, 6.45) is 4.28. The van der Waals surface area contributed by atoms with Crippen molar-refractivity contribution in [2.45, 2.75) is 65.0 Å². The minimum absolute atomic E-state index is 0.0856. The molecule has 0 aromatic carbocycles. The normalized spacial score (nSPS) is 21.5. The molecule has 1 saturated heterocycles. The third-order valence-electron chi connectivity index (χ3n) is 3.61. The molecule has 1 fully saturated rings. The second-order valence-corrected chi connectivity index (χ2v) is 5.55. The Labute approximate surface area is 110 Å².